The summed E-state index contributed by atoms with van der Waals surface area (Å²) in [6.45, 7) is 1.25. The SMILES string of the molecule is CCc1nccc(-c2cccnc2Oc2cc(C(=O)NCC(F)(F)C(F)(F)C(F)(F)F)ccc2C)n1. The minimum absolute atomic E-state index is 0.0692. The van der Waals surface area contributed by atoms with E-state index in [0.717, 1.165) is 6.07 Å². The van der Waals surface area contributed by atoms with Gasteiger partial charge in [0.15, 0.2) is 0 Å². The topological polar surface area (TPSA) is 77.0 Å². The van der Waals surface area contributed by atoms with Crippen molar-refractivity contribution in [2.75, 3.05) is 6.54 Å². The average molecular weight is 516 g/mol. The fourth-order valence-corrected chi connectivity index (χ4v) is 2.95. The molecule has 3 rings (SSSR count). The molecule has 0 fully saturated rings. The van der Waals surface area contributed by atoms with E-state index < -0.39 is 30.5 Å². The maximum absolute atomic E-state index is 13.5. The van der Waals surface area contributed by atoms with E-state index in [1.54, 1.807) is 31.3 Å². The molecule has 0 unspecified atom stereocenters. The van der Waals surface area contributed by atoms with Crippen LogP contribution in [0.4, 0.5) is 30.7 Å². The van der Waals surface area contributed by atoms with Crippen LogP contribution < -0.4 is 10.1 Å². The summed E-state index contributed by atoms with van der Waals surface area (Å²) in [5, 5.41) is 1.42. The Morgan fingerprint density at radius 2 is 1.72 bits per heavy atom. The summed E-state index contributed by atoms with van der Waals surface area (Å²) >= 11 is 0. The molecule has 0 saturated heterocycles. The van der Waals surface area contributed by atoms with E-state index in [0.29, 0.717) is 29.1 Å². The summed E-state index contributed by atoms with van der Waals surface area (Å²) in [5.41, 5.74) is 1.17. The fourth-order valence-electron chi connectivity index (χ4n) is 2.95. The van der Waals surface area contributed by atoms with Crippen LogP contribution in [-0.2, 0) is 6.42 Å². The van der Waals surface area contributed by atoms with Gasteiger partial charge in [0.25, 0.3) is 5.91 Å². The highest BCUT2D eigenvalue weighted by Crippen LogP contribution is 2.46. The number of hydrogen-bond acceptors (Lipinski definition) is 5. The van der Waals surface area contributed by atoms with Gasteiger partial charge in [-0.1, -0.05) is 13.0 Å². The van der Waals surface area contributed by atoms with Crippen molar-refractivity contribution in [2.45, 2.75) is 38.3 Å². The van der Waals surface area contributed by atoms with Crippen LogP contribution in [0.3, 0.4) is 0 Å². The van der Waals surface area contributed by atoms with Crippen LogP contribution in [0.1, 0.15) is 28.7 Å². The number of benzene rings is 1. The Labute approximate surface area is 200 Å². The molecule has 2 aromatic heterocycles. The lowest BCUT2D eigenvalue weighted by molar-refractivity contribution is -0.352. The molecule has 36 heavy (non-hydrogen) atoms. The number of nitrogens with zero attached hydrogens (tertiary/aromatic N) is 3. The summed E-state index contributed by atoms with van der Waals surface area (Å²) in [6.07, 6.45) is -2.91. The monoisotopic (exact) mass is 516 g/mol. The normalized spacial score (nSPS) is 12.4. The van der Waals surface area contributed by atoms with Crippen molar-refractivity contribution >= 4 is 5.91 Å². The standard InChI is InChI=1S/C23H19F7N4O2/c1-3-18-31-10-8-16(34-18)15-5-4-9-32-20(15)36-17-11-14(7-6-13(17)2)19(35)33-12-21(24,25)22(26,27)23(28,29)30/h4-11H,3,12H2,1-2H3,(H,33,35). The average Bonchev–Trinajstić information content (AvgIpc) is 2.83. The molecule has 0 saturated carbocycles. The van der Waals surface area contributed by atoms with Gasteiger partial charge < -0.3 is 10.1 Å². The lowest BCUT2D eigenvalue weighted by atomic mass is 10.1. The highest BCUT2D eigenvalue weighted by Gasteiger charge is 2.72. The molecular formula is C23H19F7N4O2. The number of aryl methyl sites for hydroxylation is 2. The zero-order valence-corrected chi connectivity index (χ0v) is 18.8. The third-order valence-corrected chi connectivity index (χ3v) is 5.01. The first kappa shape index (κ1) is 26.8. The van der Waals surface area contributed by atoms with Crippen LogP contribution in [0.2, 0.25) is 0 Å². The molecule has 192 valence electrons. The Morgan fingerprint density at radius 1 is 1.00 bits per heavy atom. The molecule has 0 aliphatic carbocycles. The van der Waals surface area contributed by atoms with Gasteiger partial charge in [-0.25, -0.2) is 15.0 Å². The quantitative estimate of drug-likeness (QED) is 0.385. The number of aromatic nitrogens is 3. The third-order valence-electron chi connectivity index (χ3n) is 5.01. The Morgan fingerprint density at radius 3 is 2.39 bits per heavy atom. The van der Waals surface area contributed by atoms with E-state index in [1.165, 1.54) is 23.6 Å². The van der Waals surface area contributed by atoms with E-state index in [9.17, 15) is 35.5 Å². The van der Waals surface area contributed by atoms with Gasteiger partial charge in [0.1, 0.15) is 11.6 Å². The Kier molecular flexibility index (Phi) is 7.51. The van der Waals surface area contributed by atoms with E-state index in [4.69, 9.17) is 4.74 Å². The number of ether oxygens (including phenoxy) is 1. The second-order valence-electron chi connectivity index (χ2n) is 7.61. The molecule has 13 heteroatoms. The molecule has 0 spiro atoms. The van der Waals surface area contributed by atoms with Crippen LogP contribution in [0.15, 0.2) is 48.8 Å². The molecule has 0 radical (unpaired) electrons. The molecule has 0 bridgehead atoms. The van der Waals surface area contributed by atoms with Gasteiger partial charge in [0.2, 0.25) is 5.88 Å². The Bertz CT molecular complexity index is 1250. The predicted octanol–water partition coefficient (Wildman–Crippen LogP) is 5.76. The van der Waals surface area contributed by atoms with E-state index in [2.05, 4.69) is 15.0 Å². The summed E-state index contributed by atoms with van der Waals surface area (Å²) in [6, 6.07) is 8.64. The second-order valence-corrected chi connectivity index (χ2v) is 7.61. The number of rotatable bonds is 8. The van der Waals surface area contributed by atoms with Crippen molar-refractivity contribution in [1.29, 1.82) is 0 Å². The van der Waals surface area contributed by atoms with Crippen molar-refractivity contribution in [3.8, 4) is 22.9 Å². The van der Waals surface area contributed by atoms with Crippen molar-refractivity contribution in [1.82, 2.24) is 20.3 Å². The largest absolute Gasteiger partial charge is 0.459 e. The third kappa shape index (κ3) is 5.55. The van der Waals surface area contributed by atoms with Gasteiger partial charge in [-0.15, -0.1) is 0 Å². The number of carbonyl (C=O) groups excluding carboxylic acids is 1. The highest BCUT2D eigenvalue weighted by atomic mass is 19.4. The Hall–Kier alpha value is -3.77. The van der Waals surface area contributed by atoms with Gasteiger partial charge in [-0.05, 0) is 42.8 Å². The van der Waals surface area contributed by atoms with Crippen molar-refractivity contribution in [3.05, 3.63) is 65.7 Å². The Balaban J connectivity index is 1.83. The molecule has 0 aliphatic rings. The second kappa shape index (κ2) is 10.1. The highest BCUT2D eigenvalue weighted by molar-refractivity contribution is 5.94. The summed E-state index contributed by atoms with van der Waals surface area (Å²) in [4.78, 5) is 25.0. The van der Waals surface area contributed by atoms with Crippen LogP contribution >= 0.6 is 0 Å². The lowest BCUT2D eigenvalue weighted by Gasteiger charge is -2.28. The molecule has 0 atom stereocenters. The number of hydrogen-bond donors (Lipinski definition) is 1. The van der Waals surface area contributed by atoms with Gasteiger partial charge in [0.05, 0.1) is 17.8 Å². The maximum Gasteiger partial charge on any atom is 0.459 e. The minimum atomic E-state index is -6.49. The molecule has 2 heterocycles. The van der Waals surface area contributed by atoms with Gasteiger partial charge in [-0.2, -0.15) is 30.7 Å². The number of halogens is 7. The molecular weight excluding hydrogens is 497 g/mol. The molecule has 6 nitrogen and oxygen atoms in total. The number of carbonyl (C=O) groups is 1. The minimum Gasteiger partial charge on any atom is -0.438 e. The predicted molar refractivity (Wildman–Crippen MR) is 114 cm³/mol. The number of pyridine rings is 1. The smallest absolute Gasteiger partial charge is 0.438 e. The van der Waals surface area contributed by atoms with Crippen molar-refractivity contribution < 1.29 is 40.3 Å². The molecule has 0 aliphatic heterocycles. The van der Waals surface area contributed by atoms with Crippen molar-refractivity contribution in [3.63, 3.8) is 0 Å². The van der Waals surface area contributed by atoms with Crippen LogP contribution in [0.5, 0.6) is 11.6 Å². The zero-order valence-electron chi connectivity index (χ0n) is 18.8. The first-order valence-corrected chi connectivity index (χ1v) is 10.4. The number of amides is 1. The van der Waals surface area contributed by atoms with Crippen LogP contribution in [0.25, 0.3) is 11.3 Å². The summed E-state index contributed by atoms with van der Waals surface area (Å²) in [7, 11) is 0. The van der Waals surface area contributed by atoms with Crippen LogP contribution in [-0.4, -0.2) is 45.4 Å². The molecule has 1 N–H and O–H groups in total. The lowest BCUT2D eigenvalue weighted by Crippen LogP contribution is -2.56. The van der Waals surface area contributed by atoms with Crippen LogP contribution in [0, 0.1) is 6.92 Å². The molecule has 3 aromatic rings. The molecule has 1 amide bonds. The van der Waals surface area contributed by atoms with E-state index in [1.807, 2.05) is 6.92 Å². The summed E-state index contributed by atoms with van der Waals surface area (Å²) < 4.78 is 96.0. The summed E-state index contributed by atoms with van der Waals surface area (Å²) in [5.74, 6) is -12.5. The first-order chi connectivity index (χ1) is 16.8. The van der Waals surface area contributed by atoms with Gasteiger partial charge in [-0.3, -0.25) is 4.79 Å². The number of alkyl halides is 7. The first-order valence-electron chi connectivity index (χ1n) is 10.4. The zero-order chi connectivity index (χ0) is 26.7. The molecule has 1 aromatic carbocycles. The van der Waals surface area contributed by atoms with E-state index in [-0.39, 0.29) is 17.2 Å². The van der Waals surface area contributed by atoms with Gasteiger partial charge in [0, 0.05) is 24.4 Å². The fraction of sp³-hybridized carbons (Fsp3) is 0.304. The van der Waals surface area contributed by atoms with Crippen molar-refractivity contribution in [2.24, 2.45) is 0 Å². The maximum atomic E-state index is 13.5. The van der Waals surface area contributed by atoms with Gasteiger partial charge >= 0.3 is 18.0 Å². The number of nitrogens with one attached hydrogen (secondary N) is 1. The van der Waals surface area contributed by atoms with E-state index >= 15 is 0 Å².